The van der Waals surface area contributed by atoms with Gasteiger partial charge in [-0.15, -0.1) is 0 Å². The van der Waals surface area contributed by atoms with E-state index in [0.29, 0.717) is 18.4 Å². The highest BCUT2D eigenvalue weighted by Gasteiger charge is 2.27. The summed E-state index contributed by atoms with van der Waals surface area (Å²) in [6.07, 6.45) is -3.27. The average Bonchev–Trinajstić information content (AvgIpc) is 2.33. The third kappa shape index (κ3) is 6.42. The molecule has 0 unspecified atom stereocenters. The van der Waals surface area contributed by atoms with Crippen LogP contribution in [0.15, 0.2) is 18.3 Å². The zero-order valence-electron chi connectivity index (χ0n) is 11.5. The van der Waals surface area contributed by atoms with E-state index in [-0.39, 0.29) is 6.54 Å². The van der Waals surface area contributed by atoms with Crippen molar-refractivity contribution in [2.45, 2.75) is 39.0 Å². The van der Waals surface area contributed by atoms with Crippen LogP contribution in [-0.2, 0) is 6.54 Å². The van der Waals surface area contributed by atoms with E-state index >= 15 is 0 Å². The normalized spacial score (nSPS) is 11.9. The van der Waals surface area contributed by atoms with Gasteiger partial charge in [-0.2, -0.15) is 13.2 Å². The van der Waals surface area contributed by atoms with Gasteiger partial charge in [0.25, 0.3) is 0 Å². The highest BCUT2D eigenvalue weighted by molar-refractivity contribution is 5.38. The van der Waals surface area contributed by atoms with Gasteiger partial charge < -0.3 is 10.2 Å². The average molecular weight is 275 g/mol. The fourth-order valence-corrected chi connectivity index (χ4v) is 1.48. The molecule has 1 aromatic rings. The molecule has 3 nitrogen and oxygen atoms in total. The van der Waals surface area contributed by atoms with E-state index in [1.807, 2.05) is 19.9 Å². The smallest absolute Gasteiger partial charge is 0.359 e. The summed E-state index contributed by atoms with van der Waals surface area (Å²) in [7, 11) is 1.61. The van der Waals surface area contributed by atoms with Crippen molar-refractivity contribution in [2.24, 2.45) is 0 Å². The first kappa shape index (κ1) is 15.8. The molecule has 0 fully saturated rings. The molecule has 1 N–H and O–H groups in total. The minimum Gasteiger partial charge on any atom is -0.359 e. The van der Waals surface area contributed by atoms with Crippen LogP contribution in [0.4, 0.5) is 19.0 Å². The molecule has 19 heavy (non-hydrogen) atoms. The maximum Gasteiger partial charge on any atom is 0.390 e. The van der Waals surface area contributed by atoms with Crippen LogP contribution in [0.3, 0.4) is 0 Å². The van der Waals surface area contributed by atoms with Gasteiger partial charge in [-0.3, -0.25) is 0 Å². The summed E-state index contributed by atoms with van der Waals surface area (Å²) in [5, 5.41) is 3.25. The van der Waals surface area contributed by atoms with E-state index in [4.69, 9.17) is 0 Å². The fourth-order valence-electron chi connectivity index (χ4n) is 1.48. The Morgan fingerprint density at radius 2 is 2.00 bits per heavy atom. The minimum absolute atomic E-state index is 0.0832. The topological polar surface area (TPSA) is 28.2 Å². The molecule has 0 atom stereocenters. The number of halogens is 3. The van der Waals surface area contributed by atoms with Crippen LogP contribution >= 0.6 is 0 Å². The van der Waals surface area contributed by atoms with E-state index in [2.05, 4.69) is 10.3 Å². The molecule has 0 radical (unpaired) electrons. The van der Waals surface area contributed by atoms with Gasteiger partial charge in [0.2, 0.25) is 0 Å². The highest BCUT2D eigenvalue weighted by atomic mass is 19.4. The molecule has 0 aliphatic rings. The summed E-state index contributed by atoms with van der Waals surface area (Å²) in [5.74, 6) is 0.553. The summed E-state index contributed by atoms with van der Waals surface area (Å²) in [5.41, 5.74) is 1.02. The van der Waals surface area contributed by atoms with Gasteiger partial charge in [0, 0.05) is 32.4 Å². The molecular weight excluding hydrogens is 255 g/mol. The van der Waals surface area contributed by atoms with Gasteiger partial charge in [0.15, 0.2) is 0 Å². The van der Waals surface area contributed by atoms with E-state index in [0.717, 1.165) is 5.56 Å². The van der Waals surface area contributed by atoms with Crippen molar-refractivity contribution in [3.05, 3.63) is 23.9 Å². The molecular formula is C13H20F3N3. The monoisotopic (exact) mass is 275 g/mol. The first-order valence-corrected chi connectivity index (χ1v) is 6.24. The van der Waals surface area contributed by atoms with E-state index in [1.54, 1.807) is 19.3 Å². The van der Waals surface area contributed by atoms with Crippen molar-refractivity contribution in [1.29, 1.82) is 0 Å². The third-order valence-electron chi connectivity index (χ3n) is 2.65. The summed E-state index contributed by atoms with van der Waals surface area (Å²) in [4.78, 5) is 5.68. The zero-order valence-corrected chi connectivity index (χ0v) is 11.5. The molecule has 0 aliphatic heterocycles. The molecule has 1 aromatic heterocycles. The lowest BCUT2D eigenvalue weighted by Gasteiger charge is -2.19. The zero-order chi connectivity index (χ0) is 14.5. The quantitative estimate of drug-likeness (QED) is 0.865. The standard InChI is InChI=1S/C13H20F3N3/c1-10(2)17-8-11-4-5-12(18-9-11)19(3)7-6-13(14,15)16/h4-5,9-10,17H,6-8H2,1-3H3. The summed E-state index contributed by atoms with van der Waals surface area (Å²) in [6.45, 7) is 4.72. The largest absolute Gasteiger partial charge is 0.390 e. The molecule has 1 rings (SSSR count). The van der Waals surface area contributed by atoms with Gasteiger partial charge >= 0.3 is 6.18 Å². The summed E-state index contributed by atoms with van der Waals surface area (Å²) >= 11 is 0. The number of hydrogen-bond acceptors (Lipinski definition) is 3. The fraction of sp³-hybridized carbons (Fsp3) is 0.615. The SMILES string of the molecule is CC(C)NCc1ccc(N(C)CCC(F)(F)F)nc1. The Kier molecular flexibility index (Phi) is 5.60. The van der Waals surface area contributed by atoms with Crippen molar-refractivity contribution in [3.8, 4) is 0 Å². The molecule has 1 heterocycles. The Morgan fingerprint density at radius 1 is 1.32 bits per heavy atom. The van der Waals surface area contributed by atoms with Crippen LogP contribution in [0.5, 0.6) is 0 Å². The van der Waals surface area contributed by atoms with E-state index < -0.39 is 12.6 Å². The van der Waals surface area contributed by atoms with Gasteiger partial charge in [-0.25, -0.2) is 4.98 Å². The number of aromatic nitrogens is 1. The number of nitrogens with one attached hydrogen (secondary N) is 1. The van der Waals surface area contributed by atoms with E-state index in [1.165, 1.54) is 4.90 Å². The van der Waals surface area contributed by atoms with Gasteiger partial charge in [0.1, 0.15) is 5.82 Å². The van der Waals surface area contributed by atoms with Crippen molar-refractivity contribution in [3.63, 3.8) is 0 Å². The number of anilines is 1. The summed E-state index contributed by atoms with van der Waals surface area (Å²) in [6, 6.07) is 4.00. The van der Waals surface area contributed by atoms with Crippen LogP contribution in [0, 0.1) is 0 Å². The summed E-state index contributed by atoms with van der Waals surface area (Å²) < 4.78 is 36.3. The van der Waals surface area contributed by atoms with Crippen molar-refractivity contribution >= 4 is 5.82 Å². The highest BCUT2D eigenvalue weighted by Crippen LogP contribution is 2.20. The maximum atomic E-state index is 12.1. The Hall–Kier alpha value is -1.30. The van der Waals surface area contributed by atoms with Crippen LogP contribution in [-0.4, -0.2) is 30.8 Å². The van der Waals surface area contributed by atoms with Crippen molar-refractivity contribution in [2.75, 3.05) is 18.5 Å². The second-order valence-corrected chi connectivity index (χ2v) is 4.85. The predicted molar refractivity (Wildman–Crippen MR) is 70.2 cm³/mol. The lowest BCUT2D eigenvalue weighted by Crippen LogP contribution is -2.25. The molecule has 0 amide bonds. The molecule has 0 aliphatic carbocycles. The number of nitrogens with zero attached hydrogens (tertiary/aromatic N) is 2. The Bertz CT molecular complexity index is 374. The molecule has 0 bridgehead atoms. The second-order valence-electron chi connectivity index (χ2n) is 4.85. The minimum atomic E-state index is -4.13. The molecule has 0 spiro atoms. The molecule has 0 aromatic carbocycles. The second kappa shape index (κ2) is 6.75. The number of alkyl halides is 3. The predicted octanol–water partition coefficient (Wildman–Crippen LogP) is 2.97. The van der Waals surface area contributed by atoms with Crippen LogP contribution in [0.25, 0.3) is 0 Å². The first-order valence-electron chi connectivity index (χ1n) is 6.24. The lowest BCUT2D eigenvalue weighted by atomic mass is 10.2. The maximum absolute atomic E-state index is 12.1. The molecule has 6 heteroatoms. The number of hydrogen-bond donors (Lipinski definition) is 1. The van der Waals surface area contributed by atoms with Crippen molar-refractivity contribution < 1.29 is 13.2 Å². The van der Waals surface area contributed by atoms with Crippen LogP contribution < -0.4 is 10.2 Å². The first-order chi connectivity index (χ1) is 8.78. The lowest BCUT2D eigenvalue weighted by molar-refractivity contribution is -0.132. The van der Waals surface area contributed by atoms with E-state index in [9.17, 15) is 13.2 Å². The molecule has 0 saturated carbocycles. The Labute approximate surface area is 111 Å². The van der Waals surface area contributed by atoms with Gasteiger partial charge in [0.05, 0.1) is 6.42 Å². The molecule has 108 valence electrons. The van der Waals surface area contributed by atoms with Gasteiger partial charge in [-0.1, -0.05) is 19.9 Å². The van der Waals surface area contributed by atoms with Gasteiger partial charge in [-0.05, 0) is 11.6 Å². The Morgan fingerprint density at radius 3 is 2.47 bits per heavy atom. The third-order valence-corrected chi connectivity index (χ3v) is 2.65. The number of rotatable bonds is 6. The Balaban J connectivity index is 2.51. The van der Waals surface area contributed by atoms with Crippen LogP contribution in [0.1, 0.15) is 25.8 Å². The van der Waals surface area contributed by atoms with Crippen LogP contribution in [0.2, 0.25) is 0 Å². The molecule has 0 saturated heterocycles. The number of pyridine rings is 1. The van der Waals surface area contributed by atoms with Crippen molar-refractivity contribution in [1.82, 2.24) is 10.3 Å².